The molecule has 3 rings (SSSR count). The van der Waals surface area contributed by atoms with Gasteiger partial charge in [-0.25, -0.2) is 4.98 Å². The quantitative estimate of drug-likeness (QED) is 0.328. The van der Waals surface area contributed by atoms with Crippen LogP contribution >= 0.6 is 0 Å². The average Bonchev–Trinajstić information content (AvgIpc) is 2.84. The van der Waals surface area contributed by atoms with Crippen LogP contribution in [0, 0.1) is 0 Å². The predicted molar refractivity (Wildman–Crippen MR) is 136 cm³/mol. The van der Waals surface area contributed by atoms with E-state index >= 15 is 0 Å². The highest BCUT2D eigenvalue weighted by molar-refractivity contribution is 5.79. The number of benzene rings is 2. The Balaban J connectivity index is 2.13. The molecule has 0 bridgehead atoms. The summed E-state index contributed by atoms with van der Waals surface area (Å²) in [6.07, 6.45) is 6.46. The molecule has 2 aromatic carbocycles. The third-order valence-electron chi connectivity index (χ3n) is 6.29. The van der Waals surface area contributed by atoms with E-state index in [9.17, 15) is 9.59 Å². The van der Waals surface area contributed by atoms with E-state index in [0.29, 0.717) is 29.7 Å². The normalized spacial score (nSPS) is 12.1. The number of rotatable bonds is 11. The predicted octanol–water partition coefficient (Wildman–Crippen LogP) is 6.22. The van der Waals surface area contributed by atoms with Crippen LogP contribution < -0.4 is 5.56 Å². The molecule has 1 unspecified atom stereocenters. The molecule has 0 saturated heterocycles. The van der Waals surface area contributed by atoms with Gasteiger partial charge < -0.3 is 4.90 Å². The highest BCUT2D eigenvalue weighted by Crippen LogP contribution is 2.25. The van der Waals surface area contributed by atoms with Crippen molar-refractivity contribution in [1.82, 2.24) is 14.5 Å². The molecule has 5 nitrogen and oxygen atoms in total. The van der Waals surface area contributed by atoms with Gasteiger partial charge in [0.05, 0.1) is 22.6 Å². The fraction of sp³-hybridized carbons (Fsp3) is 0.464. The number of aromatic nitrogens is 2. The zero-order valence-electron chi connectivity index (χ0n) is 20.5. The molecule has 5 heteroatoms. The number of para-hydroxylation sites is 2. The van der Waals surface area contributed by atoms with Crippen molar-refractivity contribution in [2.45, 2.75) is 78.7 Å². The lowest BCUT2D eigenvalue weighted by atomic mass is 10.1. The van der Waals surface area contributed by atoms with Crippen molar-refractivity contribution in [3.63, 3.8) is 0 Å². The standard InChI is InChI=1S/C28H37N3O2/c1-5-8-9-10-19-26(32)30(20-6-2)21(4)27-29-24-17-13-12-16-23(24)28(33)31(27)25-18-14-11-15-22(25)7-3/h11-18,21H,5-10,19-20H2,1-4H3. The maximum absolute atomic E-state index is 13.7. The number of hydrogen-bond acceptors (Lipinski definition) is 3. The number of hydrogen-bond donors (Lipinski definition) is 0. The molecule has 1 aromatic heterocycles. The monoisotopic (exact) mass is 447 g/mol. The summed E-state index contributed by atoms with van der Waals surface area (Å²) in [7, 11) is 0. The molecule has 0 fully saturated rings. The highest BCUT2D eigenvalue weighted by atomic mass is 16.2. The van der Waals surface area contributed by atoms with Crippen molar-refractivity contribution in [2.75, 3.05) is 6.54 Å². The van der Waals surface area contributed by atoms with Gasteiger partial charge in [0, 0.05) is 13.0 Å². The zero-order chi connectivity index (χ0) is 23.8. The number of unbranched alkanes of at least 4 members (excludes halogenated alkanes) is 3. The number of nitrogens with zero attached hydrogens (tertiary/aromatic N) is 3. The van der Waals surface area contributed by atoms with E-state index in [-0.39, 0.29) is 17.5 Å². The van der Waals surface area contributed by atoms with Crippen LogP contribution in [0.2, 0.25) is 0 Å². The van der Waals surface area contributed by atoms with Crippen LogP contribution in [0.5, 0.6) is 0 Å². The summed E-state index contributed by atoms with van der Waals surface area (Å²) in [5.74, 6) is 0.758. The molecular formula is C28H37N3O2. The van der Waals surface area contributed by atoms with Crippen LogP contribution in [0.25, 0.3) is 16.6 Å². The average molecular weight is 448 g/mol. The summed E-state index contributed by atoms with van der Waals surface area (Å²) in [6.45, 7) is 8.99. The van der Waals surface area contributed by atoms with E-state index in [1.165, 1.54) is 0 Å². The molecule has 1 amide bonds. The second-order valence-corrected chi connectivity index (χ2v) is 8.68. The number of carbonyl (C=O) groups excluding carboxylic acids is 1. The van der Waals surface area contributed by atoms with Gasteiger partial charge in [-0.3, -0.25) is 14.2 Å². The minimum Gasteiger partial charge on any atom is -0.333 e. The lowest BCUT2D eigenvalue weighted by Crippen LogP contribution is -2.38. The summed E-state index contributed by atoms with van der Waals surface area (Å²) in [5.41, 5.74) is 2.51. The van der Waals surface area contributed by atoms with Gasteiger partial charge in [0.2, 0.25) is 5.91 Å². The van der Waals surface area contributed by atoms with E-state index in [1.807, 2.05) is 60.4 Å². The Labute approximate surface area is 197 Å². The fourth-order valence-electron chi connectivity index (χ4n) is 4.45. The summed E-state index contributed by atoms with van der Waals surface area (Å²) in [5, 5.41) is 0.590. The van der Waals surface area contributed by atoms with Gasteiger partial charge in [-0.2, -0.15) is 0 Å². The number of carbonyl (C=O) groups is 1. The van der Waals surface area contributed by atoms with E-state index < -0.39 is 0 Å². The molecule has 33 heavy (non-hydrogen) atoms. The van der Waals surface area contributed by atoms with Crippen LogP contribution in [-0.4, -0.2) is 26.9 Å². The van der Waals surface area contributed by atoms with E-state index in [0.717, 1.165) is 49.8 Å². The molecule has 0 N–H and O–H groups in total. The van der Waals surface area contributed by atoms with Crippen molar-refractivity contribution in [1.29, 1.82) is 0 Å². The van der Waals surface area contributed by atoms with Gasteiger partial charge in [0.1, 0.15) is 5.82 Å². The van der Waals surface area contributed by atoms with E-state index in [1.54, 1.807) is 4.57 Å². The van der Waals surface area contributed by atoms with Gasteiger partial charge in [0.25, 0.3) is 5.56 Å². The first-order valence-corrected chi connectivity index (χ1v) is 12.4. The first-order chi connectivity index (χ1) is 16.0. The Kier molecular flexibility index (Phi) is 8.81. The van der Waals surface area contributed by atoms with Crippen molar-refractivity contribution in [2.24, 2.45) is 0 Å². The Bertz CT molecular complexity index is 1140. The van der Waals surface area contributed by atoms with Crippen molar-refractivity contribution in [3.05, 3.63) is 70.3 Å². The van der Waals surface area contributed by atoms with Gasteiger partial charge in [-0.05, 0) is 49.9 Å². The Morgan fingerprint density at radius 2 is 1.70 bits per heavy atom. The van der Waals surface area contributed by atoms with Crippen LogP contribution in [0.15, 0.2) is 53.3 Å². The summed E-state index contributed by atoms with van der Waals surface area (Å²) in [6, 6.07) is 15.1. The van der Waals surface area contributed by atoms with Gasteiger partial charge in [-0.15, -0.1) is 0 Å². The summed E-state index contributed by atoms with van der Waals surface area (Å²) >= 11 is 0. The molecule has 0 aliphatic heterocycles. The number of aryl methyl sites for hydroxylation is 1. The molecule has 1 heterocycles. The zero-order valence-corrected chi connectivity index (χ0v) is 20.5. The van der Waals surface area contributed by atoms with Gasteiger partial charge in [0.15, 0.2) is 0 Å². The minimum absolute atomic E-state index is 0.0878. The Morgan fingerprint density at radius 1 is 0.970 bits per heavy atom. The van der Waals surface area contributed by atoms with Crippen molar-refractivity contribution < 1.29 is 4.79 Å². The SMILES string of the molecule is CCCCCCC(=O)N(CCC)C(C)c1nc2ccccc2c(=O)n1-c1ccccc1CC. The maximum Gasteiger partial charge on any atom is 0.266 e. The molecule has 176 valence electrons. The summed E-state index contributed by atoms with van der Waals surface area (Å²) < 4.78 is 1.73. The molecule has 0 aliphatic rings. The first-order valence-electron chi connectivity index (χ1n) is 12.4. The van der Waals surface area contributed by atoms with Crippen LogP contribution in [0.4, 0.5) is 0 Å². The van der Waals surface area contributed by atoms with Crippen LogP contribution in [-0.2, 0) is 11.2 Å². The Morgan fingerprint density at radius 3 is 2.42 bits per heavy atom. The highest BCUT2D eigenvalue weighted by Gasteiger charge is 2.26. The molecule has 0 saturated carbocycles. The topological polar surface area (TPSA) is 55.2 Å². The molecule has 3 aromatic rings. The maximum atomic E-state index is 13.7. The van der Waals surface area contributed by atoms with E-state index in [4.69, 9.17) is 4.98 Å². The number of amides is 1. The third-order valence-corrected chi connectivity index (χ3v) is 6.29. The van der Waals surface area contributed by atoms with Gasteiger partial charge >= 0.3 is 0 Å². The lowest BCUT2D eigenvalue weighted by Gasteiger charge is -2.31. The molecular weight excluding hydrogens is 410 g/mol. The second kappa shape index (κ2) is 11.8. The largest absolute Gasteiger partial charge is 0.333 e. The van der Waals surface area contributed by atoms with Crippen LogP contribution in [0.1, 0.15) is 83.6 Å². The smallest absolute Gasteiger partial charge is 0.266 e. The lowest BCUT2D eigenvalue weighted by molar-refractivity contribution is -0.133. The molecule has 0 radical (unpaired) electrons. The summed E-state index contributed by atoms with van der Waals surface area (Å²) in [4.78, 5) is 33.8. The van der Waals surface area contributed by atoms with Crippen molar-refractivity contribution >= 4 is 16.8 Å². The van der Waals surface area contributed by atoms with E-state index in [2.05, 4.69) is 20.8 Å². The molecule has 1 atom stereocenters. The third kappa shape index (κ3) is 5.52. The second-order valence-electron chi connectivity index (χ2n) is 8.68. The molecule has 0 spiro atoms. The van der Waals surface area contributed by atoms with Crippen LogP contribution in [0.3, 0.4) is 0 Å². The fourth-order valence-corrected chi connectivity index (χ4v) is 4.45. The molecule has 0 aliphatic carbocycles. The minimum atomic E-state index is -0.314. The first kappa shape index (κ1) is 24.7. The Hall–Kier alpha value is -2.95. The van der Waals surface area contributed by atoms with Gasteiger partial charge in [-0.1, -0.05) is 70.4 Å². The van der Waals surface area contributed by atoms with Crippen molar-refractivity contribution in [3.8, 4) is 5.69 Å². The number of fused-ring (bicyclic) bond motifs is 1.